The fourth-order valence-corrected chi connectivity index (χ4v) is 3.26. The smallest absolute Gasteiger partial charge is 0.393 e. The van der Waals surface area contributed by atoms with Crippen molar-refractivity contribution in [2.24, 2.45) is 0 Å². The van der Waals surface area contributed by atoms with Crippen LogP contribution in [0.5, 0.6) is 0 Å². The van der Waals surface area contributed by atoms with Gasteiger partial charge < -0.3 is 20.3 Å². The summed E-state index contributed by atoms with van der Waals surface area (Å²) in [5.41, 5.74) is -0.390. The quantitative estimate of drug-likeness (QED) is 0.576. The van der Waals surface area contributed by atoms with Crippen LogP contribution in [-0.4, -0.2) is 39.3 Å². The molecule has 0 radical (unpaired) electrons. The number of piperidine rings is 1. The van der Waals surface area contributed by atoms with Crippen molar-refractivity contribution in [2.75, 3.05) is 23.3 Å². The topological polar surface area (TPSA) is 94.1 Å². The summed E-state index contributed by atoms with van der Waals surface area (Å²) in [5, 5.41) is 12.9. The summed E-state index contributed by atoms with van der Waals surface area (Å²) in [6, 6.07) is 6.13. The van der Waals surface area contributed by atoms with Gasteiger partial charge in [0.25, 0.3) is 5.56 Å². The van der Waals surface area contributed by atoms with Gasteiger partial charge in [-0.25, -0.2) is 4.98 Å². The molecule has 1 aromatic carbocycles. The van der Waals surface area contributed by atoms with Crippen LogP contribution in [0, 0.1) is 0 Å². The molecule has 30 heavy (non-hydrogen) atoms. The first kappa shape index (κ1) is 21.8. The molecular formula is C19H19ClF3N5O2. The molecule has 0 saturated carbocycles. The molecule has 1 fully saturated rings. The van der Waals surface area contributed by atoms with E-state index in [1.165, 1.54) is 18.3 Å². The van der Waals surface area contributed by atoms with Gasteiger partial charge in [0, 0.05) is 25.0 Å². The van der Waals surface area contributed by atoms with Crippen molar-refractivity contribution in [3.8, 4) is 0 Å². The third-order valence-electron chi connectivity index (χ3n) is 4.83. The number of aliphatic hydroxyl groups excluding tert-OH is 1. The fraction of sp³-hybridized carbons (Fsp3) is 0.316. The Morgan fingerprint density at radius 3 is 2.40 bits per heavy atom. The molecule has 0 atom stereocenters. The molecule has 0 aliphatic carbocycles. The van der Waals surface area contributed by atoms with E-state index in [-0.39, 0.29) is 29.7 Å². The van der Waals surface area contributed by atoms with Crippen LogP contribution in [-0.2, 0) is 6.18 Å². The van der Waals surface area contributed by atoms with Gasteiger partial charge in [-0.3, -0.25) is 4.79 Å². The van der Waals surface area contributed by atoms with E-state index in [1.807, 2.05) is 4.90 Å². The van der Waals surface area contributed by atoms with Gasteiger partial charge >= 0.3 is 6.18 Å². The first-order valence-corrected chi connectivity index (χ1v) is 9.08. The van der Waals surface area contributed by atoms with E-state index in [2.05, 4.69) is 20.3 Å². The Morgan fingerprint density at radius 1 is 1.10 bits per heavy atom. The highest BCUT2D eigenvalue weighted by Gasteiger charge is 2.30. The maximum atomic E-state index is 12.8. The van der Waals surface area contributed by atoms with Crippen molar-refractivity contribution in [3.63, 3.8) is 0 Å². The second-order valence-electron chi connectivity index (χ2n) is 6.86. The van der Waals surface area contributed by atoms with E-state index in [0.29, 0.717) is 43.1 Å². The number of anilines is 3. The van der Waals surface area contributed by atoms with Crippen LogP contribution >= 0.6 is 12.4 Å². The maximum Gasteiger partial charge on any atom is 0.416 e. The van der Waals surface area contributed by atoms with Crippen molar-refractivity contribution < 1.29 is 18.3 Å². The lowest BCUT2D eigenvalue weighted by atomic mass is 10.1. The molecule has 160 valence electrons. The van der Waals surface area contributed by atoms with Gasteiger partial charge in [0.15, 0.2) is 0 Å². The number of aromatic amines is 1. The number of H-pyrrole nitrogens is 1. The van der Waals surface area contributed by atoms with Crippen molar-refractivity contribution in [1.82, 2.24) is 15.0 Å². The summed E-state index contributed by atoms with van der Waals surface area (Å²) in [6.45, 7) is 1.13. The lowest BCUT2D eigenvalue weighted by Gasteiger charge is -2.30. The summed E-state index contributed by atoms with van der Waals surface area (Å²) in [6.07, 6.45) is -2.15. The Kier molecular flexibility index (Phi) is 6.18. The van der Waals surface area contributed by atoms with Gasteiger partial charge in [-0.05, 0) is 43.2 Å². The number of alkyl halides is 3. The number of nitrogens with zero attached hydrogens (tertiary/aromatic N) is 3. The third-order valence-corrected chi connectivity index (χ3v) is 4.83. The number of rotatable bonds is 3. The second-order valence-corrected chi connectivity index (χ2v) is 6.86. The number of halogens is 4. The van der Waals surface area contributed by atoms with Crippen molar-refractivity contribution in [1.29, 1.82) is 0 Å². The van der Waals surface area contributed by atoms with E-state index in [4.69, 9.17) is 0 Å². The highest BCUT2D eigenvalue weighted by molar-refractivity contribution is 5.91. The molecule has 1 saturated heterocycles. The normalized spacial score (nSPS) is 15.1. The van der Waals surface area contributed by atoms with Crippen LogP contribution in [0.4, 0.5) is 30.6 Å². The zero-order valence-electron chi connectivity index (χ0n) is 15.6. The minimum absolute atomic E-state index is 0. The lowest BCUT2D eigenvalue weighted by molar-refractivity contribution is -0.137. The average molecular weight is 442 g/mol. The molecule has 1 aliphatic heterocycles. The van der Waals surface area contributed by atoms with E-state index in [0.717, 1.165) is 12.1 Å². The highest BCUT2D eigenvalue weighted by Crippen LogP contribution is 2.31. The Balaban J connectivity index is 0.00000256. The molecule has 11 heteroatoms. The predicted molar refractivity (Wildman–Crippen MR) is 110 cm³/mol. The minimum atomic E-state index is -4.43. The van der Waals surface area contributed by atoms with Crippen LogP contribution < -0.4 is 15.8 Å². The van der Waals surface area contributed by atoms with Crippen molar-refractivity contribution in [2.45, 2.75) is 25.1 Å². The summed E-state index contributed by atoms with van der Waals surface area (Å²) < 4.78 is 38.4. The van der Waals surface area contributed by atoms with Gasteiger partial charge in [0.05, 0.1) is 17.2 Å². The summed E-state index contributed by atoms with van der Waals surface area (Å²) in [4.78, 5) is 25.7. The van der Waals surface area contributed by atoms with Crippen LogP contribution in [0.25, 0.3) is 10.9 Å². The van der Waals surface area contributed by atoms with Gasteiger partial charge in [-0.15, -0.1) is 12.4 Å². The van der Waals surface area contributed by atoms with Gasteiger partial charge in [0.1, 0.15) is 11.2 Å². The Bertz CT molecular complexity index is 1080. The third kappa shape index (κ3) is 4.49. The molecule has 4 rings (SSSR count). The highest BCUT2D eigenvalue weighted by atomic mass is 35.5. The predicted octanol–water partition coefficient (Wildman–Crippen LogP) is 3.46. The van der Waals surface area contributed by atoms with Gasteiger partial charge in [-0.2, -0.15) is 18.2 Å². The number of fused-ring (bicyclic) bond motifs is 1. The number of nitrogens with one attached hydrogen (secondary N) is 2. The largest absolute Gasteiger partial charge is 0.416 e. The van der Waals surface area contributed by atoms with Crippen molar-refractivity contribution >= 4 is 40.8 Å². The Hall–Kier alpha value is -2.85. The summed E-state index contributed by atoms with van der Waals surface area (Å²) in [5.74, 6) is 0.599. The molecule has 0 bridgehead atoms. The van der Waals surface area contributed by atoms with E-state index >= 15 is 0 Å². The van der Waals surface area contributed by atoms with E-state index in [9.17, 15) is 23.1 Å². The first-order valence-electron chi connectivity index (χ1n) is 9.08. The number of hydrogen-bond acceptors (Lipinski definition) is 6. The number of hydrogen-bond donors (Lipinski definition) is 3. The zero-order valence-corrected chi connectivity index (χ0v) is 16.4. The number of pyridine rings is 1. The van der Waals surface area contributed by atoms with E-state index in [1.54, 1.807) is 6.07 Å². The molecule has 3 heterocycles. The van der Waals surface area contributed by atoms with Crippen LogP contribution in [0.2, 0.25) is 0 Å². The number of benzene rings is 1. The van der Waals surface area contributed by atoms with Crippen LogP contribution in [0.3, 0.4) is 0 Å². The first-order chi connectivity index (χ1) is 13.8. The lowest BCUT2D eigenvalue weighted by Crippen LogP contribution is -2.37. The molecule has 0 amide bonds. The molecule has 3 N–H and O–H groups in total. The molecule has 0 spiro atoms. The molecule has 3 aromatic rings. The number of aliphatic hydroxyl groups is 1. The maximum absolute atomic E-state index is 12.8. The number of aromatic nitrogens is 3. The molecule has 1 aliphatic rings. The molecular weight excluding hydrogens is 423 g/mol. The average Bonchev–Trinajstić information content (AvgIpc) is 2.68. The molecule has 2 aromatic heterocycles. The van der Waals surface area contributed by atoms with Crippen LogP contribution in [0.1, 0.15) is 18.4 Å². The van der Waals surface area contributed by atoms with Gasteiger partial charge in [-0.1, -0.05) is 0 Å². The molecule has 7 nitrogen and oxygen atoms in total. The van der Waals surface area contributed by atoms with E-state index < -0.39 is 17.3 Å². The second kappa shape index (κ2) is 8.49. The zero-order chi connectivity index (χ0) is 20.6. The monoisotopic (exact) mass is 441 g/mol. The standard InChI is InChI=1S/C19H18F3N5O2.ClH/c20-19(21,22)11-1-3-12(4-2-11)24-16-15-14(5-8-23-17(15)29)25-18(26-16)27-9-6-13(28)7-10-27;/h1-5,8,13,28H,6-7,9-10H2,(H,23,29)(H,24,25,26);1H. The minimum Gasteiger partial charge on any atom is -0.393 e. The summed E-state index contributed by atoms with van der Waals surface area (Å²) >= 11 is 0. The van der Waals surface area contributed by atoms with Gasteiger partial charge in [0.2, 0.25) is 5.95 Å². The summed E-state index contributed by atoms with van der Waals surface area (Å²) in [7, 11) is 0. The fourth-order valence-electron chi connectivity index (χ4n) is 3.26. The Morgan fingerprint density at radius 2 is 1.77 bits per heavy atom. The SMILES string of the molecule is Cl.O=c1[nH]ccc2nc(N3CCC(O)CC3)nc(Nc3ccc(C(F)(F)F)cc3)c12. The van der Waals surface area contributed by atoms with Crippen molar-refractivity contribution in [3.05, 3.63) is 52.4 Å². The Labute approximate surface area is 175 Å². The molecule has 0 unspecified atom stereocenters. The van der Waals surface area contributed by atoms with Crippen LogP contribution in [0.15, 0.2) is 41.3 Å².